The normalized spacial score (nSPS) is 11.9. The first-order valence-corrected chi connectivity index (χ1v) is 6.19. The van der Waals surface area contributed by atoms with E-state index < -0.39 is 42.9 Å². The molecular weight excluding hydrogens is 301 g/mol. The molecule has 1 aromatic carbocycles. The summed E-state index contributed by atoms with van der Waals surface area (Å²) < 4.78 is 74.3. The van der Waals surface area contributed by atoms with Crippen molar-refractivity contribution in [2.24, 2.45) is 0 Å². The first-order valence-electron chi connectivity index (χ1n) is 4.01. The molecule has 1 rings (SSSR count). The van der Waals surface area contributed by atoms with Gasteiger partial charge in [0.2, 0.25) is 0 Å². The van der Waals surface area contributed by atoms with Crippen LogP contribution in [0.25, 0.3) is 0 Å². The molecule has 18 heavy (non-hydrogen) atoms. The van der Waals surface area contributed by atoms with Crippen LogP contribution in [-0.4, -0.2) is 18.2 Å². The summed E-state index contributed by atoms with van der Waals surface area (Å²) in [6.45, 7) is 0.822. The monoisotopic (exact) mass is 306 g/mol. The number of benzene rings is 1. The van der Waals surface area contributed by atoms with Crippen LogP contribution in [0.5, 0.6) is 0 Å². The number of hydrogen-bond donors (Lipinski definition) is 2. The lowest BCUT2D eigenvalue weighted by Crippen LogP contribution is -2.10. The zero-order valence-electron chi connectivity index (χ0n) is 8.48. The van der Waals surface area contributed by atoms with Crippen LogP contribution in [0.3, 0.4) is 0 Å². The number of rotatable bonds is 4. The predicted molar refractivity (Wildman–Crippen MR) is 51.5 cm³/mol. The molecule has 6 nitrogen and oxygen atoms in total. The van der Waals surface area contributed by atoms with Crippen LogP contribution in [0.2, 0.25) is 0 Å². The van der Waals surface area contributed by atoms with Crippen LogP contribution in [0.1, 0.15) is 5.56 Å². The van der Waals surface area contributed by atoms with Gasteiger partial charge >= 0.3 is 0 Å². The Kier molecular flexibility index (Phi) is 4.58. The third kappa shape index (κ3) is 2.76. The lowest BCUT2D eigenvalue weighted by Gasteiger charge is -2.10. The molecule has 0 saturated heterocycles. The van der Waals surface area contributed by atoms with Crippen molar-refractivity contribution >= 4 is 22.2 Å². The Labute approximate surface area is 103 Å². The highest BCUT2D eigenvalue weighted by Gasteiger charge is 2.30. The molecule has 102 valence electrons. The third-order valence-corrected chi connectivity index (χ3v) is 3.39. The maximum atomic E-state index is 13.5. The Morgan fingerprint density at radius 3 is 2.17 bits per heavy atom. The van der Waals surface area contributed by atoms with Gasteiger partial charge in [-0.3, -0.25) is 4.55 Å². The average Bonchev–Trinajstić information content (AvgIpc) is 2.24. The molecule has 0 saturated carbocycles. The van der Waals surface area contributed by atoms with Gasteiger partial charge in [-0.1, -0.05) is 5.04 Å². The van der Waals surface area contributed by atoms with Gasteiger partial charge in [-0.2, -0.15) is 8.42 Å². The molecule has 0 atom stereocenters. The molecule has 0 aliphatic carbocycles. The second-order valence-corrected chi connectivity index (χ2v) is 5.00. The minimum Gasteiger partial charge on any atom is -0.282 e. The summed E-state index contributed by atoms with van der Waals surface area (Å²) in [5, 5.41) is 10.9. The molecule has 0 aromatic heterocycles. The van der Waals surface area contributed by atoms with Crippen LogP contribution >= 0.6 is 12.0 Å². The zero-order valence-corrected chi connectivity index (χ0v) is 10.1. The van der Waals surface area contributed by atoms with Crippen LogP contribution in [0.15, 0.2) is 9.79 Å². The van der Waals surface area contributed by atoms with Crippen LogP contribution < -0.4 is 0 Å². The smallest absolute Gasteiger partial charge is 0.282 e. The van der Waals surface area contributed by atoms with Crippen molar-refractivity contribution in [3.8, 4) is 0 Å². The molecule has 11 heteroatoms. The summed E-state index contributed by atoms with van der Waals surface area (Å²) in [6, 6.07) is 0. The van der Waals surface area contributed by atoms with E-state index in [1.54, 1.807) is 0 Å². The van der Waals surface area contributed by atoms with Crippen molar-refractivity contribution < 1.29 is 40.8 Å². The molecule has 0 heterocycles. The summed E-state index contributed by atoms with van der Waals surface area (Å²) >= 11 is -0.238. The van der Waals surface area contributed by atoms with E-state index >= 15 is 0 Å². The van der Waals surface area contributed by atoms with Crippen LogP contribution in [0.4, 0.5) is 13.2 Å². The maximum Gasteiger partial charge on any atom is 0.300 e. The number of hydrogen-bond acceptors (Lipinski definition) is 6. The van der Waals surface area contributed by atoms with E-state index in [9.17, 15) is 21.6 Å². The Morgan fingerprint density at radius 2 is 1.72 bits per heavy atom. The summed E-state index contributed by atoms with van der Waals surface area (Å²) in [5.41, 5.74) is -0.854. The molecule has 0 radical (unpaired) electrons. The molecule has 0 amide bonds. The van der Waals surface area contributed by atoms with E-state index in [0.717, 1.165) is 6.92 Å². The second kappa shape index (κ2) is 5.42. The van der Waals surface area contributed by atoms with E-state index in [1.165, 1.54) is 0 Å². The van der Waals surface area contributed by atoms with E-state index in [0.29, 0.717) is 0 Å². The summed E-state index contributed by atoms with van der Waals surface area (Å²) in [4.78, 5) is -2.82. The zero-order chi connectivity index (χ0) is 14.1. The Hall–Kier alpha value is -0.850. The van der Waals surface area contributed by atoms with Crippen molar-refractivity contribution in [3.05, 3.63) is 23.0 Å². The van der Waals surface area contributed by atoms with Crippen molar-refractivity contribution in [3.63, 3.8) is 0 Å². The largest absolute Gasteiger partial charge is 0.300 e. The fraction of sp³-hybridized carbons (Fsp3) is 0.143. The molecule has 0 fully saturated rings. The predicted octanol–water partition coefficient (Wildman–Crippen LogP) is 2.09. The topological polar surface area (TPSA) is 93.1 Å². The van der Waals surface area contributed by atoms with Crippen molar-refractivity contribution in [2.75, 3.05) is 0 Å². The molecule has 0 bridgehead atoms. The van der Waals surface area contributed by atoms with Gasteiger partial charge in [-0.25, -0.2) is 18.4 Å². The third-order valence-electron chi connectivity index (χ3n) is 1.86. The lowest BCUT2D eigenvalue weighted by molar-refractivity contribution is -0.432. The van der Waals surface area contributed by atoms with E-state index in [4.69, 9.17) is 9.81 Å². The van der Waals surface area contributed by atoms with Gasteiger partial charge in [0, 0.05) is 5.56 Å². The molecule has 0 aliphatic heterocycles. The Bertz CT molecular complexity index is 573. The minimum absolute atomic E-state index is 0.238. The SMILES string of the molecule is Cc1c(F)c(SOOO)c(F)c(S(=O)(=O)O)c1F. The Morgan fingerprint density at radius 1 is 1.17 bits per heavy atom. The lowest BCUT2D eigenvalue weighted by atomic mass is 10.2. The van der Waals surface area contributed by atoms with Gasteiger partial charge in [0.25, 0.3) is 10.1 Å². The molecule has 0 spiro atoms. The molecule has 2 N–H and O–H groups in total. The molecular formula is C7H5F3O6S2. The van der Waals surface area contributed by atoms with Crippen LogP contribution in [-0.2, 0) is 19.5 Å². The fourth-order valence-electron chi connectivity index (χ4n) is 1.08. The fourth-order valence-corrected chi connectivity index (χ4v) is 2.35. The van der Waals surface area contributed by atoms with Crippen molar-refractivity contribution in [1.29, 1.82) is 0 Å². The van der Waals surface area contributed by atoms with Gasteiger partial charge in [0.05, 0.1) is 12.0 Å². The first kappa shape index (κ1) is 15.2. The van der Waals surface area contributed by atoms with Crippen molar-refractivity contribution in [1.82, 2.24) is 0 Å². The van der Waals surface area contributed by atoms with Crippen LogP contribution in [0, 0.1) is 24.4 Å². The highest BCUT2D eigenvalue weighted by molar-refractivity contribution is 7.94. The average molecular weight is 306 g/mol. The second-order valence-electron chi connectivity index (χ2n) is 2.93. The van der Waals surface area contributed by atoms with Gasteiger partial charge in [0.15, 0.2) is 16.5 Å². The molecule has 0 aliphatic rings. The Balaban J connectivity index is 3.60. The number of halogens is 3. The van der Waals surface area contributed by atoms with E-state index in [2.05, 4.69) is 9.37 Å². The van der Waals surface area contributed by atoms with Gasteiger partial charge < -0.3 is 0 Å². The molecule has 1 aromatic rings. The molecule has 0 unspecified atom stereocenters. The summed E-state index contributed by atoms with van der Waals surface area (Å²) in [5.74, 6) is -5.12. The van der Waals surface area contributed by atoms with Crippen molar-refractivity contribution in [2.45, 2.75) is 16.7 Å². The minimum atomic E-state index is -5.24. The van der Waals surface area contributed by atoms with E-state index in [1.807, 2.05) is 0 Å². The first-order chi connectivity index (χ1) is 8.21. The van der Waals surface area contributed by atoms with Gasteiger partial charge in [0.1, 0.15) is 10.7 Å². The summed E-state index contributed by atoms with van der Waals surface area (Å²) in [6.07, 6.45) is 0. The standard InChI is InChI=1S/C7H5F3O6S2/c1-2-3(8)6(17-16-15-11)5(10)7(4(2)9)18(12,13)14/h11H,1H3,(H,12,13,14). The maximum absolute atomic E-state index is 13.5. The van der Waals surface area contributed by atoms with Gasteiger partial charge in [-0.15, -0.1) is 4.33 Å². The highest BCUT2D eigenvalue weighted by Crippen LogP contribution is 2.34. The summed E-state index contributed by atoms with van der Waals surface area (Å²) in [7, 11) is -5.24. The van der Waals surface area contributed by atoms with Gasteiger partial charge in [-0.05, 0) is 6.92 Å². The van der Waals surface area contributed by atoms with E-state index in [-0.39, 0.29) is 12.0 Å². The highest BCUT2D eigenvalue weighted by atomic mass is 32.2. The quantitative estimate of drug-likeness (QED) is 0.381.